The number of rotatable bonds is 8. The lowest BCUT2D eigenvalue weighted by atomic mass is 9.96. The highest BCUT2D eigenvalue weighted by molar-refractivity contribution is 8.01. The predicted molar refractivity (Wildman–Crippen MR) is 110 cm³/mol. The lowest BCUT2D eigenvalue weighted by Gasteiger charge is -2.31. The average molecular weight is 409 g/mol. The number of likely N-dealkylation sites (tertiary alicyclic amines) is 1. The SMILES string of the molecule is CCSc1nnc(NC(=O)CN2CCC(Cn3ccnc3C(C)C)CC2)s1. The van der Waals surface area contributed by atoms with Crippen LogP contribution in [0.2, 0.25) is 0 Å². The van der Waals surface area contributed by atoms with E-state index in [1.165, 1.54) is 11.3 Å². The normalized spacial score (nSPS) is 16.1. The number of carbonyl (C=O) groups is 1. The highest BCUT2D eigenvalue weighted by atomic mass is 32.2. The molecule has 1 fully saturated rings. The van der Waals surface area contributed by atoms with Gasteiger partial charge in [-0.15, -0.1) is 10.2 Å². The van der Waals surface area contributed by atoms with Crippen LogP contribution in [-0.2, 0) is 11.3 Å². The van der Waals surface area contributed by atoms with Crippen LogP contribution in [0.3, 0.4) is 0 Å². The smallest absolute Gasteiger partial charge is 0.240 e. The van der Waals surface area contributed by atoms with Crippen LogP contribution in [0.25, 0.3) is 0 Å². The standard InChI is InChI=1S/C18H28N6OS2/c1-4-26-18-22-21-17(27-18)20-15(25)12-23-8-5-14(6-9-23)11-24-10-7-19-16(24)13(2)3/h7,10,13-14H,4-6,8-9,11-12H2,1-3H3,(H,20,21,25). The Labute approximate surface area is 169 Å². The first kappa shape index (κ1) is 20.3. The van der Waals surface area contributed by atoms with Crippen LogP contribution in [0, 0.1) is 5.92 Å². The van der Waals surface area contributed by atoms with Crippen molar-refractivity contribution in [3.8, 4) is 0 Å². The van der Waals surface area contributed by atoms with Gasteiger partial charge in [-0.1, -0.05) is 43.9 Å². The minimum absolute atomic E-state index is 0.00523. The first-order valence-corrected chi connectivity index (χ1v) is 11.3. The fourth-order valence-corrected chi connectivity index (χ4v) is 5.05. The van der Waals surface area contributed by atoms with E-state index >= 15 is 0 Å². The molecule has 7 nitrogen and oxygen atoms in total. The van der Waals surface area contributed by atoms with Gasteiger partial charge in [-0.05, 0) is 37.6 Å². The molecular formula is C18H28N6OS2. The second kappa shape index (κ2) is 9.66. The third kappa shape index (κ3) is 5.76. The van der Waals surface area contributed by atoms with Gasteiger partial charge in [-0.25, -0.2) is 4.98 Å². The summed E-state index contributed by atoms with van der Waals surface area (Å²) in [5, 5.41) is 11.6. The summed E-state index contributed by atoms with van der Waals surface area (Å²) in [7, 11) is 0. The Balaban J connectivity index is 1.42. The van der Waals surface area contributed by atoms with Gasteiger partial charge in [0.05, 0.1) is 6.54 Å². The Morgan fingerprint density at radius 3 is 2.85 bits per heavy atom. The highest BCUT2D eigenvalue weighted by Crippen LogP contribution is 2.25. The number of nitrogens with zero attached hydrogens (tertiary/aromatic N) is 5. The topological polar surface area (TPSA) is 75.9 Å². The maximum Gasteiger partial charge on any atom is 0.240 e. The van der Waals surface area contributed by atoms with Gasteiger partial charge in [0.15, 0.2) is 4.34 Å². The Kier molecular flexibility index (Phi) is 7.26. The largest absolute Gasteiger partial charge is 0.334 e. The molecule has 3 heterocycles. The van der Waals surface area contributed by atoms with E-state index in [-0.39, 0.29) is 5.91 Å². The van der Waals surface area contributed by atoms with Crippen molar-refractivity contribution >= 4 is 34.1 Å². The fraction of sp³-hybridized carbons (Fsp3) is 0.667. The van der Waals surface area contributed by atoms with Crippen molar-refractivity contribution < 1.29 is 4.79 Å². The number of imidazole rings is 1. The van der Waals surface area contributed by atoms with E-state index in [9.17, 15) is 4.79 Å². The zero-order chi connectivity index (χ0) is 19.2. The molecule has 1 aliphatic heterocycles. The van der Waals surface area contributed by atoms with Crippen molar-refractivity contribution in [1.29, 1.82) is 0 Å². The number of hydrogen-bond donors (Lipinski definition) is 1. The summed E-state index contributed by atoms with van der Waals surface area (Å²) in [6.45, 7) is 9.79. The monoisotopic (exact) mass is 408 g/mol. The number of aromatic nitrogens is 4. The van der Waals surface area contributed by atoms with Crippen LogP contribution in [-0.4, -0.2) is 55.9 Å². The van der Waals surface area contributed by atoms with Crippen molar-refractivity contribution in [1.82, 2.24) is 24.6 Å². The maximum atomic E-state index is 12.3. The minimum Gasteiger partial charge on any atom is -0.334 e. The van der Waals surface area contributed by atoms with Crippen molar-refractivity contribution in [3.05, 3.63) is 18.2 Å². The van der Waals surface area contributed by atoms with Gasteiger partial charge in [-0.2, -0.15) is 0 Å². The molecule has 1 amide bonds. The number of amides is 1. The quantitative estimate of drug-likeness (QED) is 0.533. The molecule has 1 aliphatic rings. The van der Waals surface area contributed by atoms with Gasteiger partial charge >= 0.3 is 0 Å². The number of nitrogens with one attached hydrogen (secondary N) is 1. The summed E-state index contributed by atoms with van der Waals surface area (Å²) in [5.41, 5.74) is 0. The third-order valence-corrected chi connectivity index (χ3v) is 6.57. The molecule has 0 saturated carbocycles. The van der Waals surface area contributed by atoms with Crippen LogP contribution in [0.15, 0.2) is 16.7 Å². The molecule has 3 rings (SSSR count). The number of carbonyl (C=O) groups excluding carboxylic acids is 1. The molecule has 2 aromatic rings. The first-order valence-electron chi connectivity index (χ1n) is 9.54. The Hall–Kier alpha value is -1.45. The van der Waals surface area contributed by atoms with E-state index in [4.69, 9.17) is 0 Å². The van der Waals surface area contributed by atoms with Gasteiger partial charge in [0, 0.05) is 24.9 Å². The van der Waals surface area contributed by atoms with Crippen LogP contribution >= 0.6 is 23.1 Å². The summed E-state index contributed by atoms with van der Waals surface area (Å²) in [6, 6.07) is 0. The summed E-state index contributed by atoms with van der Waals surface area (Å²) in [6.07, 6.45) is 6.20. The molecule has 0 atom stereocenters. The van der Waals surface area contributed by atoms with Crippen LogP contribution in [0.1, 0.15) is 45.4 Å². The Bertz CT molecular complexity index is 736. The first-order chi connectivity index (χ1) is 13.0. The second-order valence-electron chi connectivity index (χ2n) is 7.17. The van der Waals surface area contributed by atoms with Crippen molar-refractivity contribution in [2.75, 3.05) is 30.7 Å². The van der Waals surface area contributed by atoms with Gasteiger partial charge in [-0.3, -0.25) is 15.0 Å². The molecule has 1 saturated heterocycles. The van der Waals surface area contributed by atoms with Crippen LogP contribution in [0.4, 0.5) is 5.13 Å². The predicted octanol–water partition coefficient (Wildman–Crippen LogP) is 3.32. The Morgan fingerprint density at radius 1 is 1.37 bits per heavy atom. The lowest BCUT2D eigenvalue weighted by Crippen LogP contribution is -2.40. The molecule has 0 aliphatic carbocycles. The maximum absolute atomic E-state index is 12.3. The van der Waals surface area contributed by atoms with Gasteiger partial charge in [0.25, 0.3) is 0 Å². The van der Waals surface area contributed by atoms with E-state index in [1.807, 2.05) is 6.20 Å². The van der Waals surface area contributed by atoms with Gasteiger partial charge in [0.1, 0.15) is 5.82 Å². The van der Waals surface area contributed by atoms with E-state index in [2.05, 4.69) is 56.9 Å². The molecule has 0 spiro atoms. The summed E-state index contributed by atoms with van der Waals surface area (Å²) in [4.78, 5) is 19.0. The van der Waals surface area contributed by atoms with Crippen molar-refractivity contribution in [2.45, 2.75) is 50.4 Å². The molecule has 2 aromatic heterocycles. The molecule has 0 bridgehead atoms. The Morgan fingerprint density at radius 2 is 2.15 bits per heavy atom. The molecule has 0 radical (unpaired) electrons. The molecule has 9 heteroatoms. The van der Waals surface area contributed by atoms with E-state index in [0.29, 0.717) is 23.5 Å². The highest BCUT2D eigenvalue weighted by Gasteiger charge is 2.22. The molecular weight excluding hydrogens is 380 g/mol. The fourth-order valence-electron chi connectivity index (χ4n) is 3.39. The zero-order valence-corrected chi connectivity index (χ0v) is 17.9. The minimum atomic E-state index is -0.00523. The number of anilines is 1. The summed E-state index contributed by atoms with van der Waals surface area (Å²) >= 11 is 3.08. The molecule has 148 valence electrons. The summed E-state index contributed by atoms with van der Waals surface area (Å²) < 4.78 is 3.19. The van der Waals surface area contributed by atoms with E-state index in [1.54, 1.807) is 11.8 Å². The number of thioether (sulfide) groups is 1. The second-order valence-corrected chi connectivity index (χ2v) is 9.66. The van der Waals surface area contributed by atoms with Gasteiger partial charge < -0.3 is 4.57 Å². The summed E-state index contributed by atoms with van der Waals surface area (Å²) in [5.74, 6) is 3.20. The zero-order valence-electron chi connectivity index (χ0n) is 16.2. The molecule has 1 N–H and O–H groups in total. The average Bonchev–Trinajstić information content (AvgIpc) is 3.26. The van der Waals surface area contributed by atoms with Crippen molar-refractivity contribution in [3.63, 3.8) is 0 Å². The van der Waals surface area contributed by atoms with Gasteiger partial charge in [0.2, 0.25) is 11.0 Å². The lowest BCUT2D eigenvalue weighted by molar-refractivity contribution is -0.117. The molecule has 27 heavy (non-hydrogen) atoms. The molecule has 0 unspecified atom stereocenters. The van der Waals surface area contributed by atoms with Crippen molar-refractivity contribution in [2.24, 2.45) is 5.92 Å². The number of hydrogen-bond acceptors (Lipinski definition) is 7. The third-order valence-electron chi connectivity index (χ3n) is 4.71. The van der Waals surface area contributed by atoms with E-state index < -0.39 is 0 Å². The van der Waals surface area contributed by atoms with E-state index in [0.717, 1.165) is 48.4 Å². The van der Waals surface area contributed by atoms with Crippen LogP contribution < -0.4 is 5.32 Å². The van der Waals surface area contributed by atoms with Crippen LogP contribution in [0.5, 0.6) is 0 Å². The molecule has 0 aromatic carbocycles. The number of piperidine rings is 1.